The number of benzene rings is 1. The van der Waals surface area contributed by atoms with Crippen LogP contribution in [0.15, 0.2) is 18.2 Å². The summed E-state index contributed by atoms with van der Waals surface area (Å²) < 4.78 is 5.24. The van der Waals surface area contributed by atoms with Crippen LogP contribution in [-0.4, -0.2) is 37.2 Å². The zero-order valence-corrected chi connectivity index (χ0v) is 9.93. The molecule has 2 aliphatic heterocycles. The predicted octanol–water partition coefficient (Wildman–Crippen LogP) is 1.04. The van der Waals surface area contributed by atoms with Gasteiger partial charge in [-0.05, 0) is 25.1 Å². The number of rotatable bonds is 2. The van der Waals surface area contributed by atoms with Gasteiger partial charge in [-0.25, -0.2) is 0 Å². The zero-order chi connectivity index (χ0) is 11.8. The minimum absolute atomic E-state index is 0.483. The Morgan fingerprint density at radius 1 is 1.18 bits per heavy atom. The van der Waals surface area contributed by atoms with Gasteiger partial charge in [-0.1, -0.05) is 6.07 Å². The number of nitrogens with zero attached hydrogens (tertiary/aromatic N) is 1. The highest BCUT2D eigenvalue weighted by Crippen LogP contribution is 2.36. The van der Waals surface area contributed by atoms with Crippen LogP contribution in [0.3, 0.4) is 0 Å². The Balaban J connectivity index is 1.77. The lowest BCUT2D eigenvalue weighted by Crippen LogP contribution is -2.47. The summed E-state index contributed by atoms with van der Waals surface area (Å²) in [6.07, 6.45) is 1.15. The zero-order valence-electron chi connectivity index (χ0n) is 9.93. The number of ether oxygens (including phenoxy) is 1. The first-order valence-electron chi connectivity index (χ1n) is 6.21. The van der Waals surface area contributed by atoms with Crippen LogP contribution in [0, 0.1) is 0 Å². The van der Waals surface area contributed by atoms with Gasteiger partial charge in [0.2, 0.25) is 0 Å². The van der Waals surface area contributed by atoms with Gasteiger partial charge < -0.3 is 16.2 Å². The Bertz CT molecular complexity index is 397. The molecule has 17 heavy (non-hydrogen) atoms. The third kappa shape index (κ3) is 1.87. The summed E-state index contributed by atoms with van der Waals surface area (Å²) in [7, 11) is 0. The molecule has 0 amide bonds. The van der Waals surface area contributed by atoms with Gasteiger partial charge in [0.1, 0.15) is 0 Å². The quantitative estimate of drug-likeness (QED) is 0.749. The molecule has 0 spiro atoms. The molecule has 3 rings (SSSR count). The molecule has 4 nitrogen and oxygen atoms in total. The summed E-state index contributed by atoms with van der Waals surface area (Å²) in [6, 6.07) is 6.42. The lowest BCUT2D eigenvalue weighted by Gasteiger charge is -2.34. The van der Waals surface area contributed by atoms with Crippen LogP contribution in [0.2, 0.25) is 0 Å². The normalized spacial score (nSPS) is 26.0. The van der Waals surface area contributed by atoms with E-state index in [9.17, 15) is 0 Å². The fourth-order valence-corrected chi connectivity index (χ4v) is 2.86. The Hall–Kier alpha value is -1.26. The lowest BCUT2D eigenvalue weighted by atomic mass is 9.95. The maximum Gasteiger partial charge on any atom is 0.0645 e. The number of nitrogen functional groups attached to an aromatic ring is 2. The summed E-state index contributed by atoms with van der Waals surface area (Å²) in [6.45, 7) is 3.96. The van der Waals surface area contributed by atoms with Crippen LogP contribution in [0.25, 0.3) is 0 Å². The van der Waals surface area contributed by atoms with Crippen molar-refractivity contribution >= 4 is 11.4 Å². The van der Waals surface area contributed by atoms with Gasteiger partial charge in [0.05, 0.1) is 19.3 Å². The second kappa shape index (κ2) is 4.20. The minimum Gasteiger partial charge on any atom is -0.398 e. The Morgan fingerprint density at radius 3 is 2.47 bits per heavy atom. The summed E-state index contributed by atoms with van der Waals surface area (Å²) in [4.78, 5) is 2.50. The third-order valence-electron chi connectivity index (χ3n) is 3.94. The first-order chi connectivity index (χ1) is 8.25. The fraction of sp³-hybridized carbons (Fsp3) is 0.538. The van der Waals surface area contributed by atoms with E-state index >= 15 is 0 Å². The van der Waals surface area contributed by atoms with E-state index in [-0.39, 0.29) is 0 Å². The molecular formula is C13H19N3O. The van der Waals surface area contributed by atoms with Gasteiger partial charge in [0.25, 0.3) is 0 Å². The van der Waals surface area contributed by atoms with Crippen molar-refractivity contribution < 1.29 is 4.74 Å². The molecule has 2 saturated heterocycles. The molecule has 0 saturated carbocycles. The number of anilines is 2. The summed E-state index contributed by atoms with van der Waals surface area (Å²) in [5, 5.41) is 0. The van der Waals surface area contributed by atoms with Gasteiger partial charge >= 0.3 is 0 Å². The maximum atomic E-state index is 6.05. The number of hydrogen-bond donors (Lipinski definition) is 2. The highest BCUT2D eigenvalue weighted by Gasteiger charge is 2.34. The summed E-state index contributed by atoms with van der Waals surface area (Å²) in [5.74, 6) is 0.483. The highest BCUT2D eigenvalue weighted by molar-refractivity contribution is 5.63. The molecule has 1 aromatic carbocycles. The van der Waals surface area contributed by atoms with Gasteiger partial charge in [-0.2, -0.15) is 0 Å². The van der Waals surface area contributed by atoms with Crippen LogP contribution >= 0.6 is 0 Å². The van der Waals surface area contributed by atoms with Gasteiger partial charge in [-0.3, -0.25) is 4.90 Å². The Kier molecular flexibility index (Phi) is 2.68. The second-order valence-electron chi connectivity index (χ2n) is 5.02. The van der Waals surface area contributed by atoms with Crippen molar-refractivity contribution in [1.29, 1.82) is 0 Å². The Labute approximate surface area is 102 Å². The van der Waals surface area contributed by atoms with Crippen molar-refractivity contribution in [2.45, 2.75) is 18.4 Å². The molecular weight excluding hydrogens is 214 g/mol. The first-order valence-corrected chi connectivity index (χ1v) is 6.21. The van der Waals surface area contributed by atoms with E-state index in [1.165, 1.54) is 0 Å². The fourth-order valence-electron chi connectivity index (χ4n) is 2.86. The maximum absolute atomic E-state index is 6.05. The van der Waals surface area contributed by atoms with Crippen LogP contribution < -0.4 is 11.5 Å². The topological polar surface area (TPSA) is 64.5 Å². The van der Waals surface area contributed by atoms with Crippen molar-refractivity contribution in [3.05, 3.63) is 23.8 Å². The van der Waals surface area contributed by atoms with Crippen LogP contribution in [0.4, 0.5) is 11.4 Å². The molecule has 92 valence electrons. The van der Waals surface area contributed by atoms with Crippen LogP contribution in [-0.2, 0) is 4.74 Å². The van der Waals surface area contributed by atoms with E-state index < -0.39 is 0 Å². The average Bonchev–Trinajstić information content (AvgIpc) is 2.64. The highest BCUT2D eigenvalue weighted by atomic mass is 16.5. The van der Waals surface area contributed by atoms with E-state index in [0.29, 0.717) is 12.0 Å². The largest absolute Gasteiger partial charge is 0.398 e. The van der Waals surface area contributed by atoms with Gasteiger partial charge in [0, 0.05) is 29.4 Å². The van der Waals surface area contributed by atoms with E-state index in [1.54, 1.807) is 0 Å². The van der Waals surface area contributed by atoms with E-state index in [0.717, 1.165) is 49.7 Å². The van der Waals surface area contributed by atoms with E-state index in [1.807, 2.05) is 18.2 Å². The molecule has 2 aliphatic rings. The average molecular weight is 233 g/mol. The molecule has 4 N–H and O–H groups in total. The Morgan fingerprint density at radius 2 is 1.88 bits per heavy atom. The van der Waals surface area contributed by atoms with Crippen molar-refractivity contribution in [2.24, 2.45) is 0 Å². The summed E-state index contributed by atoms with van der Waals surface area (Å²) >= 11 is 0. The minimum atomic E-state index is 0.483. The summed E-state index contributed by atoms with van der Waals surface area (Å²) in [5.41, 5.74) is 14.9. The van der Waals surface area contributed by atoms with E-state index in [2.05, 4.69) is 4.90 Å². The number of likely N-dealkylation sites (tertiary alicyclic amines) is 1. The molecule has 0 aliphatic carbocycles. The molecule has 0 aromatic heterocycles. The van der Waals surface area contributed by atoms with Crippen molar-refractivity contribution in [1.82, 2.24) is 4.90 Å². The third-order valence-corrected chi connectivity index (χ3v) is 3.94. The van der Waals surface area contributed by atoms with Crippen molar-refractivity contribution in [3.8, 4) is 0 Å². The second-order valence-corrected chi connectivity index (χ2v) is 5.02. The molecule has 2 heterocycles. The molecule has 0 bridgehead atoms. The standard InChI is InChI=1S/C13H19N3O/c14-11-2-1-3-12(15)13(11)9-4-5-16(6-9)10-7-17-8-10/h1-3,9-10H,4-8,14-15H2. The molecule has 0 radical (unpaired) electrons. The van der Waals surface area contributed by atoms with Crippen molar-refractivity contribution in [2.75, 3.05) is 37.8 Å². The van der Waals surface area contributed by atoms with Crippen LogP contribution in [0.5, 0.6) is 0 Å². The lowest BCUT2D eigenvalue weighted by molar-refractivity contribution is -0.0573. The molecule has 1 atom stereocenters. The number of nitrogens with two attached hydrogens (primary N) is 2. The monoisotopic (exact) mass is 233 g/mol. The number of hydrogen-bond acceptors (Lipinski definition) is 4. The van der Waals surface area contributed by atoms with Crippen molar-refractivity contribution in [3.63, 3.8) is 0 Å². The van der Waals surface area contributed by atoms with Crippen LogP contribution in [0.1, 0.15) is 17.9 Å². The molecule has 1 aromatic rings. The molecule has 2 fully saturated rings. The molecule has 1 unspecified atom stereocenters. The smallest absolute Gasteiger partial charge is 0.0645 e. The van der Waals surface area contributed by atoms with Gasteiger partial charge in [0.15, 0.2) is 0 Å². The predicted molar refractivity (Wildman–Crippen MR) is 68.8 cm³/mol. The molecule has 4 heteroatoms. The van der Waals surface area contributed by atoms with Gasteiger partial charge in [-0.15, -0.1) is 0 Å². The first kappa shape index (κ1) is 10.9. The van der Waals surface area contributed by atoms with E-state index in [4.69, 9.17) is 16.2 Å². The SMILES string of the molecule is Nc1cccc(N)c1C1CCN(C2COC2)C1.